The molecule has 6 heteroatoms. The van der Waals surface area contributed by atoms with Gasteiger partial charge in [-0.25, -0.2) is 14.8 Å². The van der Waals surface area contributed by atoms with Crippen LogP contribution in [0.1, 0.15) is 15.4 Å². The largest absolute Gasteiger partial charge is 0.464 e. The van der Waals surface area contributed by atoms with Crippen LogP contribution in [0.4, 0.5) is 5.82 Å². The lowest BCUT2D eigenvalue weighted by Crippen LogP contribution is -2.18. The van der Waals surface area contributed by atoms with E-state index in [1.165, 1.54) is 18.2 Å². The number of aromatic nitrogens is 2. The third kappa shape index (κ3) is 2.84. The summed E-state index contributed by atoms with van der Waals surface area (Å²) >= 11 is 1.69. The first-order valence-electron chi connectivity index (χ1n) is 5.34. The van der Waals surface area contributed by atoms with Gasteiger partial charge in [-0.3, -0.25) is 0 Å². The lowest BCUT2D eigenvalue weighted by atomic mass is 10.4. The van der Waals surface area contributed by atoms with Gasteiger partial charge in [-0.15, -0.1) is 11.3 Å². The summed E-state index contributed by atoms with van der Waals surface area (Å²) in [6, 6.07) is 4.08. The number of rotatable bonds is 4. The number of carbonyl (C=O) groups is 1. The van der Waals surface area contributed by atoms with Crippen LogP contribution in [0.5, 0.6) is 0 Å². The Morgan fingerprint density at radius 2 is 2.28 bits per heavy atom. The Hall–Kier alpha value is -1.95. The zero-order valence-corrected chi connectivity index (χ0v) is 11.0. The van der Waals surface area contributed by atoms with E-state index in [1.54, 1.807) is 17.5 Å². The van der Waals surface area contributed by atoms with Crippen molar-refractivity contribution in [2.24, 2.45) is 0 Å². The molecule has 5 nitrogen and oxygen atoms in total. The highest BCUT2D eigenvalue weighted by molar-refractivity contribution is 7.09. The van der Waals surface area contributed by atoms with Gasteiger partial charge in [0.25, 0.3) is 0 Å². The predicted molar refractivity (Wildman–Crippen MR) is 69.8 cm³/mol. The van der Waals surface area contributed by atoms with Gasteiger partial charge in [0.2, 0.25) is 0 Å². The number of anilines is 1. The molecular weight excluding hydrogens is 250 g/mol. The molecule has 0 bridgehead atoms. The highest BCUT2D eigenvalue weighted by Gasteiger charge is 2.09. The van der Waals surface area contributed by atoms with Crippen LogP contribution < -0.4 is 4.90 Å². The standard InChI is InChI=1S/C12H13N3O2S/c1-15(8-9-4-3-5-18-9)11-7-13-10(6-14-11)12(16)17-2/h3-7H,8H2,1-2H3. The SMILES string of the molecule is COC(=O)c1cnc(N(C)Cc2cccs2)cn1. The number of methoxy groups -OCH3 is 1. The van der Waals surface area contributed by atoms with E-state index in [0.717, 1.165) is 12.4 Å². The van der Waals surface area contributed by atoms with Gasteiger partial charge >= 0.3 is 5.97 Å². The van der Waals surface area contributed by atoms with Crippen molar-refractivity contribution in [3.63, 3.8) is 0 Å². The maximum Gasteiger partial charge on any atom is 0.358 e. The molecule has 18 heavy (non-hydrogen) atoms. The highest BCUT2D eigenvalue weighted by Crippen LogP contribution is 2.15. The lowest BCUT2D eigenvalue weighted by molar-refractivity contribution is 0.0593. The fourth-order valence-electron chi connectivity index (χ4n) is 1.45. The van der Waals surface area contributed by atoms with Gasteiger partial charge in [-0.05, 0) is 11.4 Å². The minimum atomic E-state index is -0.477. The first kappa shape index (κ1) is 12.5. The second kappa shape index (κ2) is 5.59. The summed E-state index contributed by atoms with van der Waals surface area (Å²) in [5.41, 5.74) is 0.214. The molecule has 0 saturated carbocycles. The summed E-state index contributed by atoms with van der Waals surface area (Å²) in [5, 5.41) is 2.04. The minimum absolute atomic E-state index is 0.214. The molecule has 0 aliphatic rings. The molecule has 0 fully saturated rings. The highest BCUT2D eigenvalue weighted by atomic mass is 32.1. The van der Waals surface area contributed by atoms with Crippen LogP contribution >= 0.6 is 11.3 Å². The summed E-state index contributed by atoms with van der Waals surface area (Å²) < 4.78 is 4.57. The zero-order chi connectivity index (χ0) is 13.0. The van der Waals surface area contributed by atoms with Gasteiger partial charge < -0.3 is 9.64 Å². The first-order chi connectivity index (χ1) is 8.70. The number of ether oxygens (including phenoxy) is 1. The zero-order valence-electron chi connectivity index (χ0n) is 10.2. The van der Waals surface area contributed by atoms with Gasteiger partial charge in [-0.1, -0.05) is 6.07 Å². The number of thiophene rings is 1. The van der Waals surface area contributed by atoms with Gasteiger partial charge in [-0.2, -0.15) is 0 Å². The van der Waals surface area contributed by atoms with Crippen LogP contribution in [-0.2, 0) is 11.3 Å². The molecule has 0 aliphatic heterocycles. The van der Waals surface area contributed by atoms with Gasteiger partial charge in [0.15, 0.2) is 5.69 Å². The smallest absolute Gasteiger partial charge is 0.358 e. The molecule has 0 unspecified atom stereocenters. The van der Waals surface area contributed by atoms with Crippen molar-refractivity contribution in [3.05, 3.63) is 40.5 Å². The quantitative estimate of drug-likeness (QED) is 0.789. The number of hydrogen-bond acceptors (Lipinski definition) is 6. The second-order valence-corrected chi connectivity index (χ2v) is 4.72. The molecule has 0 aliphatic carbocycles. The Morgan fingerprint density at radius 1 is 1.44 bits per heavy atom. The Labute approximate surface area is 109 Å². The van der Waals surface area contributed by atoms with Crippen molar-refractivity contribution in [3.8, 4) is 0 Å². The molecule has 94 valence electrons. The summed E-state index contributed by atoms with van der Waals surface area (Å²) in [4.78, 5) is 22.7. The van der Waals surface area contributed by atoms with Crippen LogP contribution in [0, 0.1) is 0 Å². The molecule has 0 aromatic carbocycles. The van der Waals surface area contributed by atoms with Crippen LogP contribution in [0.15, 0.2) is 29.9 Å². The number of hydrogen-bond donors (Lipinski definition) is 0. The van der Waals surface area contributed by atoms with Crippen molar-refractivity contribution in [2.45, 2.75) is 6.54 Å². The third-order valence-electron chi connectivity index (χ3n) is 2.40. The summed E-state index contributed by atoms with van der Waals surface area (Å²) in [6.07, 6.45) is 2.99. The molecular formula is C12H13N3O2S. The molecule has 2 aromatic rings. The average molecular weight is 263 g/mol. The molecule has 0 spiro atoms. The molecule has 2 heterocycles. The summed E-state index contributed by atoms with van der Waals surface area (Å²) in [7, 11) is 3.25. The van der Waals surface area contributed by atoms with E-state index in [0.29, 0.717) is 0 Å². The van der Waals surface area contributed by atoms with E-state index in [4.69, 9.17) is 0 Å². The molecule has 0 saturated heterocycles. The van der Waals surface area contributed by atoms with Crippen LogP contribution in [0.3, 0.4) is 0 Å². The molecule has 0 radical (unpaired) electrons. The van der Waals surface area contributed by atoms with Gasteiger partial charge in [0, 0.05) is 11.9 Å². The van der Waals surface area contributed by atoms with Gasteiger partial charge in [0.05, 0.1) is 26.0 Å². The lowest BCUT2D eigenvalue weighted by Gasteiger charge is -2.16. The summed E-state index contributed by atoms with van der Waals surface area (Å²) in [5.74, 6) is 0.242. The van der Waals surface area contributed by atoms with E-state index in [2.05, 4.69) is 20.8 Å². The van der Waals surface area contributed by atoms with E-state index >= 15 is 0 Å². The van der Waals surface area contributed by atoms with Crippen molar-refractivity contribution in [1.29, 1.82) is 0 Å². The maximum atomic E-state index is 11.2. The predicted octanol–water partition coefficient (Wildman–Crippen LogP) is 1.96. The van der Waals surface area contributed by atoms with Crippen molar-refractivity contribution < 1.29 is 9.53 Å². The number of nitrogens with zero attached hydrogens (tertiary/aromatic N) is 3. The number of carbonyl (C=O) groups excluding carboxylic acids is 1. The second-order valence-electron chi connectivity index (χ2n) is 3.69. The van der Waals surface area contributed by atoms with Crippen molar-refractivity contribution in [1.82, 2.24) is 9.97 Å². The van der Waals surface area contributed by atoms with Crippen LogP contribution in [0.2, 0.25) is 0 Å². The van der Waals surface area contributed by atoms with E-state index in [-0.39, 0.29) is 5.69 Å². The fourth-order valence-corrected chi connectivity index (χ4v) is 2.20. The molecule has 0 N–H and O–H groups in total. The molecule has 0 amide bonds. The monoisotopic (exact) mass is 263 g/mol. The van der Waals surface area contributed by atoms with Crippen molar-refractivity contribution >= 4 is 23.1 Å². The molecule has 2 rings (SSSR count). The van der Waals surface area contributed by atoms with E-state index in [9.17, 15) is 4.79 Å². The molecule has 2 aromatic heterocycles. The number of esters is 1. The fraction of sp³-hybridized carbons (Fsp3) is 0.250. The maximum absolute atomic E-state index is 11.2. The normalized spacial score (nSPS) is 10.1. The molecule has 0 atom stereocenters. The average Bonchev–Trinajstić information content (AvgIpc) is 2.91. The van der Waals surface area contributed by atoms with Gasteiger partial charge in [0.1, 0.15) is 5.82 Å². The first-order valence-corrected chi connectivity index (χ1v) is 6.22. The van der Waals surface area contributed by atoms with E-state index < -0.39 is 5.97 Å². The Kier molecular flexibility index (Phi) is 3.88. The van der Waals surface area contributed by atoms with Crippen LogP contribution in [0.25, 0.3) is 0 Å². The Bertz CT molecular complexity index is 511. The third-order valence-corrected chi connectivity index (χ3v) is 3.26. The van der Waals surface area contributed by atoms with Crippen molar-refractivity contribution in [2.75, 3.05) is 19.1 Å². The Balaban J connectivity index is 2.07. The minimum Gasteiger partial charge on any atom is -0.464 e. The summed E-state index contributed by atoms with van der Waals surface area (Å²) in [6.45, 7) is 0.768. The topological polar surface area (TPSA) is 55.3 Å². The van der Waals surface area contributed by atoms with Crippen LogP contribution in [-0.4, -0.2) is 30.1 Å². The van der Waals surface area contributed by atoms with E-state index in [1.807, 2.05) is 23.4 Å². The Morgan fingerprint density at radius 3 is 2.83 bits per heavy atom.